The number of aromatic nitrogens is 6. The number of hydrogen-bond donors (Lipinski definition) is 4. The molecule has 4 aromatic heterocycles. The van der Waals surface area contributed by atoms with E-state index < -0.39 is 12.0 Å². The number of anilines is 1. The largest absolute Gasteiger partial charge is 0.374 e. The summed E-state index contributed by atoms with van der Waals surface area (Å²) in [5, 5.41) is 21.2. The lowest BCUT2D eigenvalue weighted by Crippen LogP contribution is -2.18. The summed E-state index contributed by atoms with van der Waals surface area (Å²) in [5.41, 5.74) is 5.22. The van der Waals surface area contributed by atoms with E-state index in [0.29, 0.717) is 56.9 Å². The minimum absolute atomic E-state index is 0.330. The van der Waals surface area contributed by atoms with Crippen LogP contribution in [0.2, 0.25) is 0 Å². The van der Waals surface area contributed by atoms with Crippen LogP contribution in [-0.4, -0.2) is 41.5 Å². The van der Waals surface area contributed by atoms with Crippen molar-refractivity contribution in [3.63, 3.8) is 0 Å². The fourth-order valence-corrected chi connectivity index (χ4v) is 4.63. The van der Waals surface area contributed by atoms with Crippen LogP contribution in [0.5, 0.6) is 0 Å². The molecule has 0 bridgehead atoms. The van der Waals surface area contributed by atoms with Crippen molar-refractivity contribution in [2.75, 3.05) is 5.32 Å². The van der Waals surface area contributed by atoms with Gasteiger partial charge in [-0.3, -0.25) is 15.1 Å². The number of aliphatic hydroxyl groups excluding tert-OH is 1. The van der Waals surface area contributed by atoms with Crippen LogP contribution in [0.15, 0.2) is 67.1 Å². The van der Waals surface area contributed by atoms with E-state index in [-0.39, 0.29) is 5.82 Å². The summed E-state index contributed by atoms with van der Waals surface area (Å²) in [4.78, 5) is 16.7. The molecule has 1 unspecified atom stereocenters. The number of fused-ring (bicyclic) bond motifs is 2. The summed E-state index contributed by atoms with van der Waals surface area (Å²) in [6.45, 7) is 2.06. The SMILES string of the molecule is CCCCC(O)Nc1cncc(-c2cc3c(-c4nc5c(-c6ccc(F)cc6)nccc5[nH]4)n[nH]c3cc2F)c1. The van der Waals surface area contributed by atoms with E-state index in [4.69, 9.17) is 4.98 Å². The van der Waals surface area contributed by atoms with Gasteiger partial charge in [0, 0.05) is 40.5 Å². The number of aliphatic hydroxyl groups is 1. The minimum Gasteiger partial charge on any atom is -0.374 e. The standard InChI is InChI=1S/C29H25F2N7O/c1-2-3-4-25(39)34-19-11-17(14-32-15-19)20-12-21-24(13-22(20)31)37-38-27(21)29-35-23-9-10-33-26(28(23)36-29)16-5-7-18(30)8-6-16/h5-15,25,34,39H,2-4H2,1H3,(H,35,36)(H,37,38). The van der Waals surface area contributed by atoms with Crippen molar-refractivity contribution >= 4 is 27.6 Å². The molecule has 6 aromatic rings. The highest BCUT2D eigenvalue weighted by Crippen LogP contribution is 2.34. The average Bonchev–Trinajstić information content (AvgIpc) is 3.55. The molecule has 4 heterocycles. The van der Waals surface area contributed by atoms with E-state index in [1.165, 1.54) is 18.2 Å². The van der Waals surface area contributed by atoms with Crippen LogP contribution in [0.1, 0.15) is 26.2 Å². The van der Waals surface area contributed by atoms with Crippen molar-refractivity contribution in [1.29, 1.82) is 0 Å². The Bertz CT molecular complexity index is 1780. The lowest BCUT2D eigenvalue weighted by Gasteiger charge is -2.14. The molecule has 4 N–H and O–H groups in total. The number of nitrogens with one attached hydrogen (secondary N) is 3. The van der Waals surface area contributed by atoms with E-state index in [0.717, 1.165) is 23.9 Å². The molecule has 10 heteroatoms. The highest BCUT2D eigenvalue weighted by atomic mass is 19.1. The molecule has 8 nitrogen and oxygen atoms in total. The molecule has 196 valence electrons. The minimum atomic E-state index is -0.711. The molecule has 0 aliphatic carbocycles. The number of imidazole rings is 1. The number of rotatable bonds is 8. The molecular weight excluding hydrogens is 500 g/mol. The average molecular weight is 526 g/mol. The molecule has 0 radical (unpaired) electrons. The number of unbranched alkanes of at least 4 members (excludes halogenated alkanes) is 1. The Labute approximate surface area is 222 Å². The van der Waals surface area contributed by atoms with Gasteiger partial charge in [0.2, 0.25) is 0 Å². The zero-order chi connectivity index (χ0) is 26.9. The van der Waals surface area contributed by atoms with Crippen LogP contribution in [0, 0.1) is 11.6 Å². The lowest BCUT2D eigenvalue weighted by molar-refractivity contribution is 0.190. The van der Waals surface area contributed by atoms with Crippen LogP contribution in [0.3, 0.4) is 0 Å². The fourth-order valence-electron chi connectivity index (χ4n) is 4.63. The number of H-pyrrole nitrogens is 2. The van der Waals surface area contributed by atoms with Gasteiger partial charge in [-0.2, -0.15) is 5.10 Å². The van der Waals surface area contributed by atoms with Gasteiger partial charge in [-0.05, 0) is 55.3 Å². The molecule has 0 saturated heterocycles. The quantitative estimate of drug-likeness (QED) is 0.170. The summed E-state index contributed by atoms with van der Waals surface area (Å²) in [6.07, 6.45) is 6.59. The maximum atomic E-state index is 15.2. The third-order valence-electron chi connectivity index (χ3n) is 6.61. The topological polar surface area (TPSA) is 115 Å². The molecule has 0 aliphatic rings. The van der Waals surface area contributed by atoms with Gasteiger partial charge in [0.05, 0.1) is 28.6 Å². The van der Waals surface area contributed by atoms with Gasteiger partial charge in [-0.25, -0.2) is 13.8 Å². The molecule has 0 fully saturated rings. The number of hydrogen-bond acceptors (Lipinski definition) is 6. The second-order valence-corrected chi connectivity index (χ2v) is 9.36. The van der Waals surface area contributed by atoms with Gasteiger partial charge in [0.1, 0.15) is 29.1 Å². The van der Waals surface area contributed by atoms with Gasteiger partial charge in [0.15, 0.2) is 5.82 Å². The van der Waals surface area contributed by atoms with Gasteiger partial charge in [0.25, 0.3) is 0 Å². The van der Waals surface area contributed by atoms with Crippen LogP contribution in [0.4, 0.5) is 14.5 Å². The molecule has 1 atom stereocenters. The van der Waals surface area contributed by atoms with Crippen molar-refractivity contribution < 1.29 is 13.9 Å². The Morgan fingerprint density at radius 3 is 2.64 bits per heavy atom. The number of halogens is 2. The maximum absolute atomic E-state index is 15.2. The van der Waals surface area contributed by atoms with Crippen LogP contribution in [-0.2, 0) is 0 Å². The first-order valence-corrected chi connectivity index (χ1v) is 12.7. The van der Waals surface area contributed by atoms with E-state index in [1.807, 2.05) is 0 Å². The monoisotopic (exact) mass is 525 g/mol. The molecule has 2 aromatic carbocycles. The first-order chi connectivity index (χ1) is 19.0. The Hall–Kier alpha value is -4.70. The Balaban J connectivity index is 1.39. The molecule has 0 saturated carbocycles. The maximum Gasteiger partial charge on any atom is 0.159 e. The number of benzene rings is 2. The fraction of sp³-hybridized carbons (Fsp3) is 0.172. The number of aromatic amines is 2. The van der Waals surface area contributed by atoms with E-state index >= 15 is 4.39 Å². The third-order valence-corrected chi connectivity index (χ3v) is 6.61. The summed E-state index contributed by atoms with van der Waals surface area (Å²) < 4.78 is 28.7. The summed E-state index contributed by atoms with van der Waals surface area (Å²) in [7, 11) is 0. The first-order valence-electron chi connectivity index (χ1n) is 12.7. The van der Waals surface area contributed by atoms with Crippen molar-refractivity contribution in [1.82, 2.24) is 30.1 Å². The highest BCUT2D eigenvalue weighted by Gasteiger charge is 2.18. The van der Waals surface area contributed by atoms with Crippen LogP contribution in [0.25, 0.3) is 55.8 Å². The Morgan fingerprint density at radius 1 is 0.974 bits per heavy atom. The smallest absolute Gasteiger partial charge is 0.159 e. The Morgan fingerprint density at radius 2 is 1.82 bits per heavy atom. The van der Waals surface area contributed by atoms with E-state index in [9.17, 15) is 9.50 Å². The van der Waals surface area contributed by atoms with Crippen LogP contribution < -0.4 is 5.32 Å². The molecule has 39 heavy (non-hydrogen) atoms. The molecular formula is C29H25F2N7O. The summed E-state index contributed by atoms with van der Waals surface area (Å²) in [5.74, 6) is -0.280. The predicted molar refractivity (Wildman–Crippen MR) is 147 cm³/mol. The second kappa shape index (κ2) is 10.2. The zero-order valence-corrected chi connectivity index (χ0v) is 21.0. The van der Waals surface area contributed by atoms with E-state index in [2.05, 4.69) is 37.4 Å². The third kappa shape index (κ3) is 4.82. The van der Waals surface area contributed by atoms with Crippen LogP contribution >= 0.6 is 0 Å². The Kier molecular flexibility index (Phi) is 6.45. The summed E-state index contributed by atoms with van der Waals surface area (Å²) in [6, 6.07) is 12.7. The zero-order valence-electron chi connectivity index (χ0n) is 21.0. The first kappa shape index (κ1) is 24.6. The van der Waals surface area contributed by atoms with Gasteiger partial charge in [-0.1, -0.05) is 13.3 Å². The van der Waals surface area contributed by atoms with E-state index in [1.54, 1.807) is 48.9 Å². The highest BCUT2D eigenvalue weighted by molar-refractivity contribution is 5.97. The molecule has 6 rings (SSSR count). The predicted octanol–water partition coefficient (Wildman–Crippen LogP) is 6.43. The molecule has 0 amide bonds. The molecule has 0 spiro atoms. The number of nitrogens with zero attached hydrogens (tertiary/aromatic N) is 4. The lowest BCUT2D eigenvalue weighted by atomic mass is 10.0. The second-order valence-electron chi connectivity index (χ2n) is 9.36. The van der Waals surface area contributed by atoms with Crippen molar-refractivity contribution in [3.8, 4) is 33.9 Å². The normalized spacial score (nSPS) is 12.3. The number of pyridine rings is 2. The van der Waals surface area contributed by atoms with Gasteiger partial charge >= 0.3 is 0 Å². The van der Waals surface area contributed by atoms with Crippen molar-refractivity contribution in [2.24, 2.45) is 0 Å². The van der Waals surface area contributed by atoms with Crippen molar-refractivity contribution in [2.45, 2.75) is 32.4 Å². The van der Waals surface area contributed by atoms with Gasteiger partial charge < -0.3 is 15.4 Å². The van der Waals surface area contributed by atoms with Gasteiger partial charge in [-0.15, -0.1) is 0 Å². The summed E-state index contributed by atoms with van der Waals surface area (Å²) >= 11 is 0. The van der Waals surface area contributed by atoms with Crippen molar-refractivity contribution in [3.05, 3.63) is 78.8 Å². The molecule has 0 aliphatic heterocycles.